The summed E-state index contributed by atoms with van der Waals surface area (Å²) in [4.78, 5) is 2.47. The fraction of sp³-hybridized carbons (Fsp3) is 0. The Labute approximate surface area is 352 Å². The number of anilines is 3. The van der Waals surface area contributed by atoms with Gasteiger partial charge in [0.05, 0.1) is 5.69 Å². The Morgan fingerprint density at radius 3 is 1.72 bits per heavy atom. The highest BCUT2D eigenvalue weighted by atomic mass is 32.1. The molecule has 0 radical (unpaired) electrons. The first-order valence-electron chi connectivity index (χ1n) is 20.6. The summed E-state index contributed by atoms with van der Waals surface area (Å²) in [5, 5.41) is 12.7. The number of nitrogens with zero attached hydrogens (tertiary/aromatic N) is 1. The fourth-order valence-electron chi connectivity index (χ4n) is 9.25. The van der Waals surface area contributed by atoms with Gasteiger partial charge in [0.1, 0.15) is 0 Å². The van der Waals surface area contributed by atoms with Gasteiger partial charge >= 0.3 is 0 Å². The number of benzene rings is 11. The Balaban J connectivity index is 1.09. The van der Waals surface area contributed by atoms with Crippen LogP contribution in [0.3, 0.4) is 0 Å². The van der Waals surface area contributed by atoms with E-state index in [4.69, 9.17) is 0 Å². The van der Waals surface area contributed by atoms with Crippen LogP contribution in [0.5, 0.6) is 0 Å². The molecule has 280 valence electrons. The molecule has 1 nitrogen and oxygen atoms in total. The largest absolute Gasteiger partial charge is 0.310 e. The van der Waals surface area contributed by atoms with Crippen LogP contribution in [0, 0.1) is 0 Å². The van der Waals surface area contributed by atoms with Crippen LogP contribution in [-0.2, 0) is 0 Å². The zero-order valence-corrected chi connectivity index (χ0v) is 33.5. The lowest BCUT2D eigenvalue weighted by molar-refractivity contribution is 1.29. The molecule has 0 spiro atoms. The maximum Gasteiger partial charge on any atom is 0.0540 e. The summed E-state index contributed by atoms with van der Waals surface area (Å²) in [6.45, 7) is 0. The summed E-state index contributed by atoms with van der Waals surface area (Å²) in [5.74, 6) is 0. The SMILES string of the molecule is c1ccc(-c2cc(-c3ccc4ccccc4c3)ccc2N(c2cccc(-c3cc4ccccc4c4ccccc34)c2)c2ccc3c(c2)sc2cc4ccccc4cc23)cc1. The highest BCUT2D eigenvalue weighted by molar-refractivity contribution is 7.26. The van der Waals surface area contributed by atoms with Crippen LogP contribution >= 0.6 is 11.3 Å². The topological polar surface area (TPSA) is 3.24 Å². The van der Waals surface area contributed by atoms with Gasteiger partial charge in [-0.15, -0.1) is 11.3 Å². The minimum absolute atomic E-state index is 1.10. The molecule has 12 aromatic rings. The van der Waals surface area contributed by atoms with Gasteiger partial charge in [0.15, 0.2) is 0 Å². The van der Waals surface area contributed by atoms with Crippen molar-refractivity contribution in [2.75, 3.05) is 4.90 Å². The van der Waals surface area contributed by atoms with E-state index in [0.29, 0.717) is 0 Å². The van der Waals surface area contributed by atoms with Crippen molar-refractivity contribution in [1.29, 1.82) is 0 Å². The molecule has 60 heavy (non-hydrogen) atoms. The Kier molecular flexibility index (Phi) is 8.11. The third-order valence-electron chi connectivity index (χ3n) is 12.2. The first-order chi connectivity index (χ1) is 29.7. The molecular weight excluding hydrogens is 743 g/mol. The number of hydrogen-bond donors (Lipinski definition) is 0. The lowest BCUT2D eigenvalue weighted by Crippen LogP contribution is -2.11. The standard InChI is InChI=1S/C58H37NS/c1-2-14-39(15-3-1)54-33-44(43-26-25-38-13-4-5-16-40(38)31-43)27-30-56(54)59(48-28-29-52-55-34-41-17-6-7-18-42(41)36-57(55)60-58(52)37-48)47-21-12-20-45(32-47)53-35-46-19-8-9-22-49(46)50-23-10-11-24-51(50)53/h1-37H. The van der Waals surface area contributed by atoms with Gasteiger partial charge in [0, 0.05) is 37.1 Å². The second kappa shape index (κ2) is 14.1. The molecule has 2 heteroatoms. The molecule has 0 bridgehead atoms. The monoisotopic (exact) mass is 779 g/mol. The van der Waals surface area contributed by atoms with Gasteiger partial charge in [0.2, 0.25) is 0 Å². The van der Waals surface area contributed by atoms with Gasteiger partial charge in [-0.1, -0.05) is 164 Å². The van der Waals surface area contributed by atoms with E-state index in [-0.39, 0.29) is 0 Å². The van der Waals surface area contributed by atoms with Crippen molar-refractivity contribution < 1.29 is 0 Å². The van der Waals surface area contributed by atoms with Crippen molar-refractivity contribution in [1.82, 2.24) is 0 Å². The van der Waals surface area contributed by atoms with E-state index in [0.717, 1.165) is 17.1 Å². The van der Waals surface area contributed by atoms with Crippen molar-refractivity contribution in [3.05, 3.63) is 224 Å². The predicted octanol–water partition coefficient (Wildman–Crippen LogP) is 17.1. The van der Waals surface area contributed by atoms with E-state index in [1.807, 2.05) is 11.3 Å². The average Bonchev–Trinajstić information content (AvgIpc) is 3.67. The van der Waals surface area contributed by atoms with Crippen molar-refractivity contribution >= 4 is 91.7 Å². The van der Waals surface area contributed by atoms with Gasteiger partial charge in [-0.05, 0) is 132 Å². The van der Waals surface area contributed by atoms with E-state index in [1.54, 1.807) is 0 Å². The predicted molar refractivity (Wildman–Crippen MR) is 260 cm³/mol. The summed E-state index contributed by atoms with van der Waals surface area (Å²) in [5.41, 5.74) is 10.5. The minimum Gasteiger partial charge on any atom is -0.310 e. The number of fused-ring (bicyclic) bond motifs is 8. The molecule has 0 saturated carbocycles. The molecule has 1 aromatic heterocycles. The Morgan fingerprint density at radius 2 is 0.883 bits per heavy atom. The quantitative estimate of drug-likeness (QED) is 0.152. The molecule has 11 aromatic carbocycles. The van der Waals surface area contributed by atoms with Crippen LogP contribution in [0.25, 0.3) is 96.6 Å². The zero-order chi connectivity index (χ0) is 39.6. The Morgan fingerprint density at radius 1 is 0.267 bits per heavy atom. The van der Waals surface area contributed by atoms with Crippen LogP contribution in [0.4, 0.5) is 17.1 Å². The van der Waals surface area contributed by atoms with Crippen LogP contribution in [0.1, 0.15) is 0 Å². The van der Waals surface area contributed by atoms with Crippen molar-refractivity contribution in [3.8, 4) is 33.4 Å². The van der Waals surface area contributed by atoms with Gasteiger partial charge < -0.3 is 4.90 Å². The third kappa shape index (κ3) is 5.84. The molecule has 1 heterocycles. The summed E-state index contributed by atoms with van der Waals surface area (Å²) in [7, 11) is 0. The summed E-state index contributed by atoms with van der Waals surface area (Å²) in [6.07, 6.45) is 0. The zero-order valence-electron chi connectivity index (χ0n) is 32.7. The smallest absolute Gasteiger partial charge is 0.0540 e. The van der Waals surface area contributed by atoms with Crippen LogP contribution in [-0.4, -0.2) is 0 Å². The number of hydrogen-bond acceptors (Lipinski definition) is 2. The lowest BCUT2D eigenvalue weighted by Gasteiger charge is -2.29. The first kappa shape index (κ1) is 34.5. The van der Waals surface area contributed by atoms with E-state index < -0.39 is 0 Å². The second-order valence-corrected chi connectivity index (χ2v) is 16.8. The highest BCUT2D eigenvalue weighted by Crippen LogP contribution is 2.47. The van der Waals surface area contributed by atoms with E-state index in [9.17, 15) is 0 Å². The molecule has 0 aliphatic rings. The minimum atomic E-state index is 1.10. The van der Waals surface area contributed by atoms with Crippen molar-refractivity contribution in [2.45, 2.75) is 0 Å². The molecule has 0 fully saturated rings. The van der Waals surface area contributed by atoms with E-state index >= 15 is 0 Å². The number of thiophene rings is 1. The van der Waals surface area contributed by atoms with Gasteiger partial charge in [-0.3, -0.25) is 0 Å². The molecule has 0 aliphatic heterocycles. The van der Waals surface area contributed by atoms with E-state index in [2.05, 4.69) is 229 Å². The van der Waals surface area contributed by atoms with Gasteiger partial charge in [-0.2, -0.15) is 0 Å². The van der Waals surface area contributed by atoms with Gasteiger partial charge in [-0.25, -0.2) is 0 Å². The normalized spacial score (nSPS) is 11.7. The molecule has 0 N–H and O–H groups in total. The first-order valence-corrected chi connectivity index (χ1v) is 21.4. The van der Waals surface area contributed by atoms with Crippen LogP contribution in [0.2, 0.25) is 0 Å². The fourth-order valence-corrected chi connectivity index (χ4v) is 10.4. The Bertz CT molecular complexity index is 3620. The van der Waals surface area contributed by atoms with Crippen molar-refractivity contribution in [3.63, 3.8) is 0 Å². The maximum atomic E-state index is 2.47. The van der Waals surface area contributed by atoms with Crippen LogP contribution in [0.15, 0.2) is 224 Å². The molecule has 0 saturated heterocycles. The van der Waals surface area contributed by atoms with Gasteiger partial charge in [0.25, 0.3) is 0 Å². The second-order valence-electron chi connectivity index (χ2n) is 15.7. The third-order valence-corrected chi connectivity index (χ3v) is 13.3. The Hall–Kier alpha value is -7.52. The summed E-state index contributed by atoms with van der Waals surface area (Å²) in [6, 6.07) is 82.7. The average molecular weight is 780 g/mol. The molecule has 12 rings (SSSR count). The van der Waals surface area contributed by atoms with Crippen molar-refractivity contribution in [2.24, 2.45) is 0 Å². The van der Waals surface area contributed by atoms with E-state index in [1.165, 1.54) is 96.6 Å². The molecular formula is C58H37NS. The van der Waals surface area contributed by atoms with Crippen LogP contribution < -0.4 is 4.90 Å². The summed E-state index contributed by atoms with van der Waals surface area (Å²) < 4.78 is 2.58. The lowest BCUT2D eigenvalue weighted by atomic mass is 9.92. The molecule has 0 aliphatic carbocycles. The number of rotatable bonds is 6. The molecule has 0 atom stereocenters. The summed E-state index contributed by atoms with van der Waals surface area (Å²) >= 11 is 1.88. The maximum absolute atomic E-state index is 2.47. The highest BCUT2D eigenvalue weighted by Gasteiger charge is 2.21. The molecule has 0 unspecified atom stereocenters. The molecule has 0 amide bonds.